The fraction of sp³-hybridized carbons (Fsp3) is 0.529. The Morgan fingerprint density at radius 1 is 1.33 bits per heavy atom. The summed E-state index contributed by atoms with van der Waals surface area (Å²) in [5.41, 5.74) is 5.15. The van der Waals surface area contributed by atoms with Gasteiger partial charge in [-0.3, -0.25) is 14.5 Å². The summed E-state index contributed by atoms with van der Waals surface area (Å²) in [7, 11) is 0. The van der Waals surface area contributed by atoms with Crippen molar-refractivity contribution in [2.45, 2.75) is 18.6 Å². The third kappa shape index (κ3) is 6.57. The quantitative estimate of drug-likeness (QED) is 0.597. The second kappa shape index (κ2) is 10.1. The number of halogens is 6. The van der Waals surface area contributed by atoms with Crippen molar-refractivity contribution in [1.82, 2.24) is 4.90 Å². The highest BCUT2D eigenvalue weighted by molar-refractivity contribution is 5.97. The van der Waals surface area contributed by atoms with Crippen LogP contribution in [0.3, 0.4) is 0 Å². The standard InChI is InChI=1S/C17H20F6N4O3/c18-11-5-10(1-2-12(11)27-3-4-30-8-15(27)28)25-16(29)13(6-24)26(7-14(19)20)9-17(21,22)23/h1-2,5,13-14H,3-4,6-9,24H2,(H,25,29)/t13-/m0/s1. The number of benzene rings is 1. The second-order valence-corrected chi connectivity index (χ2v) is 6.44. The molecule has 1 fully saturated rings. The Kier molecular flexibility index (Phi) is 8.03. The van der Waals surface area contributed by atoms with E-state index in [0.29, 0.717) is 0 Å². The number of nitrogens with one attached hydrogen (secondary N) is 1. The van der Waals surface area contributed by atoms with Crippen molar-refractivity contribution in [1.29, 1.82) is 0 Å². The summed E-state index contributed by atoms with van der Waals surface area (Å²) < 4.78 is 82.8. The minimum absolute atomic E-state index is 0.0620. The van der Waals surface area contributed by atoms with E-state index in [0.717, 1.165) is 11.0 Å². The first kappa shape index (κ1) is 23.9. The molecule has 1 heterocycles. The Balaban J connectivity index is 2.15. The van der Waals surface area contributed by atoms with Crippen LogP contribution in [0.5, 0.6) is 0 Å². The smallest absolute Gasteiger partial charge is 0.370 e. The summed E-state index contributed by atoms with van der Waals surface area (Å²) in [6.07, 6.45) is -7.96. The molecule has 0 aliphatic carbocycles. The van der Waals surface area contributed by atoms with E-state index in [4.69, 9.17) is 10.5 Å². The van der Waals surface area contributed by atoms with Crippen LogP contribution in [0.4, 0.5) is 37.7 Å². The van der Waals surface area contributed by atoms with Gasteiger partial charge in [-0.2, -0.15) is 13.2 Å². The van der Waals surface area contributed by atoms with Crippen LogP contribution >= 0.6 is 0 Å². The zero-order valence-electron chi connectivity index (χ0n) is 15.6. The van der Waals surface area contributed by atoms with E-state index < -0.39 is 55.9 Å². The fourth-order valence-electron chi connectivity index (χ4n) is 2.93. The largest absolute Gasteiger partial charge is 0.401 e. The highest BCUT2D eigenvalue weighted by atomic mass is 19.4. The van der Waals surface area contributed by atoms with Crippen LogP contribution in [-0.4, -0.2) is 74.8 Å². The molecule has 1 aliphatic rings. The van der Waals surface area contributed by atoms with Crippen molar-refractivity contribution in [3.8, 4) is 0 Å². The molecule has 0 unspecified atom stereocenters. The van der Waals surface area contributed by atoms with Crippen molar-refractivity contribution in [2.75, 3.05) is 49.6 Å². The first-order chi connectivity index (χ1) is 14.0. The van der Waals surface area contributed by atoms with Crippen LogP contribution in [0.2, 0.25) is 0 Å². The Hall–Kier alpha value is -2.38. The molecule has 7 nitrogen and oxygen atoms in total. The molecular formula is C17H20F6N4O3. The summed E-state index contributed by atoms with van der Waals surface area (Å²) >= 11 is 0. The number of hydrogen-bond acceptors (Lipinski definition) is 5. The Labute approximate surface area is 167 Å². The highest BCUT2D eigenvalue weighted by Gasteiger charge is 2.37. The molecule has 30 heavy (non-hydrogen) atoms. The van der Waals surface area contributed by atoms with Gasteiger partial charge < -0.3 is 20.7 Å². The van der Waals surface area contributed by atoms with Crippen LogP contribution in [0.15, 0.2) is 18.2 Å². The summed E-state index contributed by atoms with van der Waals surface area (Å²) in [4.78, 5) is 25.5. The fourth-order valence-corrected chi connectivity index (χ4v) is 2.93. The monoisotopic (exact) mass is 442 g/mol. The molecule has 0 spiro atoms. The van der Waals surface area contributed by atoms with Crippen molar-refractivity contribution in [3.63, 3.8) is 0 Å². The molecule has 2 amide bonds. The lowest BCUT2D eigenvalue weighted by Crippen LogP contribution is -2.53. The van der Waals surface area contributed by atoms with E-state index in [9.17, 15) is 35.9 Å². The average Bonchev–Trinajstić information content (AvgIpc) is 2.61. The lowest BCUT2D eigenvalue weighted by Gasteiger charge is -2.30. The van der Waals surface area contributed by atoms with Gasteiger partial charge in [0, 0.05) is 18.8 Å². The molecule has 2 rings (SSSR count). The predicted molar refractivity (Wildman–Crippen MR) is 94.7 cm³/mol. The molecule has 0 bridgehead atoms. The summed E-state index contributed by atoms with van der Waals surface area (Å²) in [6, 6.07) is 1.58. The molecular weight excluding hydrogens is 422 g/mol. The zero-order valence-corrected chi connectivity index (χ0v) is 15.6. The van der Waals surface area contributed by atoms with Crippen molar-refractivity contribution >= 4 is 23.2 Å². The Morgan fingerprint density at radius 2 is 2.03 bits per heavy atom. The Morgan fingerprint density at radius 3 is 2.57 bits per heavy atom. The molecule has 1 aromatic rings. The van der Waals surface area contributed by atoms with Gasteiger partial charge in [-0.25, -0.2) is 13.2 Å². The summed E-state index contributed by atoms with van der Waals surface area (Å²) in [5, 5.41) is 2.17. The molecule has 1 aliphatic heterocycles. The molecule has 168 valence electrons. The number of alkyl halides is 5. The lowest BCUT2D eigenvalue weighted by molar-refractivity contribution is -0.157. The second-order valence-electron chi connectivity index (χ2n) is 6.44. The molecule has 1 atom stereocenters. The molecule has 0 radical (unpaired) electrons. The van der Waals surface area contributed by atoms with Gasteiger partial charge in [0.05, 0.1) is 25.4 Å². The third-order valence-corrected chi connectivity index (χ3v) is 4.21. The normalized spacial score (nSPS) is 16.3. The van der Waals surface area contributed by atoms with E-state index in [-0.39, 0.29) is 36.0 Å². The van der Waals surface area contributed by atoms with Crippen molar-refractivity contribution in [2.24, 2.45) is 5.73 Å². The number of amides is 2. The van der Waals surface area contributed by atoms with Gasteiger partial charge in [0.2, 0.25) is 5.91 Å². The summed E-state index contributed by atoms with van der Waals surface area (Å²) in [6.45, 7) is -3.63. The number of ether oxygens (including phenoxy) is 1. The SMILES string of the molecule is NC[C@@H](C(=O)Nc1ccc(N2CCOCC2=O)c(F)c1)N(CC(F)F)CC(F)(F)F. The Bertz CT molecular complexity index is 761. The minimum Gasteiger partial charge on any atom is -0.370 e. The number of morpholine rings is 1. The maximum Gasteiger partial charge on any atom is 0.401 e. The van der Waals surface area contributed by atoms with Crippen molar-refractivity contribution < 1.29 is 40.7 Å². The number of nitrogens with zero attached hydrogens (tertiary/aromatic N) is 2. The highest BCUT2D eigenvalue weighted by Crippen LogP contribution is 2.25. The van der Waals surface area contributed by atoms with Crippen LogP contribution in [0.1, 0.15) is 0 Å². The van der Waals surface area contributed by atoms with Crippen LogP contribution in [0, 0.1) is 5.82 Å². The molecule has 0 aromatic heterocycles. The van der Waals surface area contributed by atoms with Crippen LogP contribution in [0.25, 0.3) is 0 Å². The van der Waals surface area contributed by atoms with E-state index in [2.05, 4.69) is 5.32 Å². The minimum atomic E-state index is -4.83. The van der Waals surface area contributed by atoms with Gasteiger partial charge in [-0.15, -0.1) is 0 Å². The van der Waals surface area contributed by atoms with E-state index >= 15 is 0 Å². The number of nitrogens with two attached hydrogens (primary N) is 1. The third-order valence-electron chi connectivity index (χ3n) is 4.21. The topological polar surface area (TPSA) is 87.9 Å². The zero-order chi connectivity index (χ0) is 22.5. The van der Waals surface area contributed by atoms with Crippen LogP contribution < -0.4 is 16.0 Å². The molecule has 0 saturated carbocycles. The average molecular weight is 442 g/mol. The summed E-state index contributed by atoms with van der Waals surface area (Å²) in [5.74, 6) is -2.43. The van der Waals surface area contributed by atoms with Gasteiger partial charge in [0.15, 0.2) is 0 Å². The van der Waals surface area contributed by atoms with Crippen molar-refractivity contribution in [3.05, 3.63) is 24.0 Å². The molecule has 1 aromatic carbocycles. The first-order valence-corrected chi connectivity index (χ1v) is 8.79. The number of carbonyl (C=O) groups is 2. The van der Waals surface area contributed by atoms with Gasteiger partial charge in [0.25, 0.3) is 12.3 Å². The van der Waals surface area contributed by atoms with E-state index in [1.54, 1.807) is 0 Å². The number of hydrogen-bond donors (Lipinski definition) is 2. The first-order valence-electron chi connectivity index (χ1n) is 8.79. The lowest BCUT2D eigenvalue weighted by atomic mass is 10.2. The van der Waals surface area contributed by atoms with E-state index in [1.807, 2.05) is 0 Å². The molecule has 3 N–H and O–H groups in total. The van der Waals surface area contributed by atoms with Gasteiger partial charge in [0.1, 0.15) is 18.5 Å². The van der Waals surface area contributed by atoms with E-state index in [1.165, 1.54) is 12.1 Å². The molecule has 13 heteroatoms. The van der Waals surface area contributed by atoms with Gasteiger partial charge in [-0.05, 0) is 18.2 Å². The van der Waals surface area contributed by atoms with Crippen LogP contribution in [-0.2, 0) is 14.3 Å². The maximum absolute atomic E-state index is 14.4. The number of anilines is 2. The maximum atomic E-state index is 14.4. The number of rotatable bonds is 8. The van der Waals surface area contributed by atoms with Gasteiger partial charge in [-0.1, -0.05) is 0 Å². The molecule has 1 saturated heterocycles. The number of carbonyl (C=O) groups excluding carboxylic acids is 2. The predicted octanol–water partition coefficient (Wildman–Crippen LogP) is 1.58. The van der Waals surface area contributed by atoms with Gasteiger partial charge >= 0.3 is 6.18 Å².